The lowest BCUT2D eigenvalue weighted by atomic mass is 10.1. The molecule has 1 saturated carbocycles. The van der Waals surface area contributed by atoms with Crippen LogP contribution >= 0.6 is 0 Å². The molecule has 0 N–H and O–H groups in total. The molecule has 0 bridgehead atoms. The number of hydrogen-bond acceptors (Lipinski definition) is 2. The molecule has 0 saturated heterocycles. The number of carbonyl (C=O) groups is 1. The Kier molecular flexibility index (Phi) is 3.18. The van der Waals surface area contributed by atoms with Gasteiger partial charge in [0.1, 0.15) is 11.3 Å². The molecule has 0 spiro atoms. The molecule has 98 valence electrons. The Morgan fingerprint density at radius 1 is 1.39 bits per heavy atom. The van der Waals surface area contributed by atoms with Crippen LogP contribution in [0, 0.1) is 5.92 Å². The number of benzene rings is 1. The summed E-state index contributed by atoms with van der Waals surface area (Å²) in [4.78, 5) is 11.6. The zero-order valence-electron chi connectivity index (χ0n) is 11.1. The van der Waals surface area contributed by atoms with E-state index in [1.165, 1.54) is 0 Å². The van der Waals surface area contributed by atoms with Gasteiger partial charge in [-0.1, -0.05) is 30.3 Å². The van der Waals surface area contributed by atoms with Gasteiger partial charge in [-0.2, -0.15) is 0 Å². The Bertz CT molecular complexity index is 436. The first-order valence-electron chi connectivity index (χ1n) is 6.27. The summed E-state index contributed by atoms with van der Waals surface area (Å²) in [5, 5.41) is 0. The molecule has 1 aliphatic rings. The van der Waals surface area contributed by atoms with Gasteiger partial charge in [-0.15, -0.1) is 0 Å². The second-order valence-electron chi connectivity index (χ2n) is 5.92. The number of halogens is 1. The van der Waals surface area contributed by atoms with Gasteiger partial charge in [0, 0.05) is 5.92 Å². The minimum absolute atomic E-state index is 0.155. The average Bonchev–Trinajstić information content (AvgIpc) is 2.89. The van der Waals surface area contributed by atoms with Crippen molar-refractivity contribution in [2.24, 2.45) is 5.92 Å². The van der Waals surface area contributed by atoms with Gasteiger partial charge in [0.25, 0.3) is 0 Å². The van der Waals surface area contributed by atoms with Crippen molar-refractivity contribution >= 4 is 5.97 Å². The fourth-order valence-corrected chi connectivity index (χ4v) is 2.19. The smallest absolute Gasteiger partial charge is 0.306 e. The van der Waals surface area contributed by atoms with E-state index in [0.29, 0.717) is 12.0 Å². The lowest BCUT2D eigenvalue weighted by Crippen LogP contribution is -2.24. The highest BCUT2D eigenvalue weighted by molar-refractivity contribution is 5.71. The Morgan fingerprint density at radius 2 is 2.00 bits per heavy atom. The third-order valence-electron chi connectivity index (χ3n) is 3.12. The van der Waals surface area contributed by atoms with E-state index < -0.39 is 11.3 Å². The van der Waals surface area contributed by atoms with Crippen LogP contribution in [-0.4, -0.2) is 11.6 Å². The molecule has 2 atom stereocenters. The van der Waals surface area contributed by atoms with E-state index in [1.54, 1.807) is 12.1 Å². The maximum absolute atomic E-state index is 14.5. The predicted molar refractivity (Wildman–Crippen MR) is 67.8 cm³/mol. The summed E-state index contributed by atoms with van der Waals surface area (Å²) in [5.74, 6) is -0.558. The highest BCUT2D eigenvalue weighted by Gasteiger charge is 2.57. The molecule has 0 aliphatic heterocycles. The minimum atomic E-state index is -1.34. The zero-order chi connectivity index (χ0) is 13.4. The molecule has 3 heteroatoms. The largest absolute Gasteiger partial charge is 0.460 e. The third-order valence-corrected chi connectivity index (χ3v) is 3.12. The maximum Gasteiger partial charge on any atom is 0.306 e. The number of hydrogen-bond donors (Lipinski definition) is 0. The van der Waals surface area contributed by atoms with Crippen molar-refractivity contribution in [3.8, 4) is 0 Å². The van der Waals surface area contributed by atoms with E-state index in [4.69, 9.17) is 4.74 Å². The Hall–Kier alpha value is -1.38. The Balaban J connectivity index is 1.94. The van der Waals surface area contributed by atoms with E-state index in [9.17, 15) is 9.18 Å². The molecule has 1 aliphatic carbocycles. The van der Waals surface area contributed by atoms with Crippen LogP contribution in [-0.2, 0) is 15.2 Å². The van der Waals surface area contributed by atoms with Crippen molar-refractivity contribution in [3.63, 3.8) is 0 Å². The summed E-state index contributed by atoms with van der Waals surface area (Å²) >= 11 is 0. The van der Waals surface area contributed by atoms with Crippen LogP contribution in [0.2, 0.25) is 0 Å². The van der Waals surface area contributed by atoms with Gasteiger partial charge >= 0.3 is 5.97 Å². The van der Waals surface area contributed by atoms with Crippen LogP contribution in [0.15, 0.2) is 30.3 Å². The number of esters is 1. The first-order valence-corrected chi connectivity index (χ1v) is 6.27. The Morgan fingerprint density at radius 3 is 2.56 bits per heavy atom. The lowest BCUT2D eigenvalue weighted by molar-refractivity contribution is -0.155. The lowest BCUT2D eigenvalue weighted by Gasteiger charge is -2.19. The van der Waals surface area contributed by atoms with Crippen molar-refractivity contribution < 1.29 is 13.9 Å². The van der Waals surface area contributed by atoms with Gasteiger partial charge in [0.15, 0.2) is 0 Å². The van der Waals surface area contributed by atoms with Crippen LogP contribution < -0.4 is 0 Å². The van der Waals surface area contributed by atoms with Crippen molar-refractivity contribution in [3.05, 3.63) is 35.9 Å². The minimum Gasteiger partial charge on any atom is -0.460 e. The monoisotopic (exact) mass is 250 g/mol. The van der Waals surface area contributed by atoms with Crippen molar-refractivity contribution in [1.29, 1.82) is 0 Å². The van der Waals surface area contributed by atoms with Gasteiger partial charge in [0.05, 0.1) is 6.42 Å². The van der Waals surface area contributed by atoms with Crippen molar-refractivity contribution in [2.75, 3.05) is 0 Å². The molecule has 2 rings (SSSR count). The van der Waals surface area contributed by atoms with Gasteiger partial charge in [-0.25, -0.2) is 4.39 Å². The van der Waals surface area contributed by atoms with Crippen LogP contribution in [0.4, 0.5) is 4.39 Å². The van der Waals surface area contributed by atoms with Gasteiger partial charge in [-0.05, 0) is 32.8 Å². The summed E-state index contributed by atoms with van der Waals surface area (Å²) in [6.45, 7) is 5.45. The number of alkyl halides is 1. The summed E-state index contributed by atoms with van der Waals surface area (Å²) < 4.78 is 19.7. The first-order chi connectivity index (χ1) is 8.31. The van der Waals surface area contributed by atoms with E-state index in [0.717, 1.165) is 0 Å². The Labute approximate surface area is 107 Å². The van der Waals surface area contributed by atoms with Gasteiger partial charge in [-0.3, -0.25) is 4.79 Å². The zero-order valence-corrected chi connectivity index (χ0v) is 11.1. The van der Waals surface area contributed by atoms with E-state index >= 15 is 0 Å². The summed E-state index contributed by atoms with van der Waals surface area (Å²) in [6.07, 6.45) is 0.568. The van der Waals surface area contributed by atoms with E-state index in [-0.39, 0.29) is 18.3 Å². The van der Waals surface area contributed by atoms with Crippen LogP contribution in [0.25, 0.3) is 0 Å². The quantitative estimate of drug-likeness (QED) is 0.766. The van der Waals surface area contributed by atoms with Crippen LogP contribution in [0.3, 0.4) is 0 Å². The maximum atomic E-state index is 14.5. The fourth-order valence-electron chi connectivity index (χ4n) is 2.19. The normalized spacial score (nSPS) is 26.8. The second-order valence-corrected chi connectivity index (χ2v) is 5.92. The first kappa shape index (κ1) is 13.1. The molecule has 1 aromatic rings. The molecule has 0 amide bonds. The molecule has 1 aromatic carbocycles. The van der Waals surface area contributed by atoms with Crippen LogP contribution in [0.1, 0.15) is 39.2 Å². The van der Waals surface area contributed by atoms with Gasteiger partial charge in [0.2, 0.25) is 0 Å². The molecular formula is C15H19FO2. The second kappa shape index (κ2) is 4.38. The number of carbonyl (C=O) groups excluding carboxylic acids is 1. The molecule has 0 radical (unpaired) electrons. The van der Waals surface area contributed by atoms with E-state index in [1.807, 2.05) is 39.0 Å². The highest BCUT2D eigenvalue weighted by Crippen LogP contribution is 2.57. The van der Waals surface area contributed by atoms with Gasteiger partial charge < -0.3 is 4.74 Å². The summed E-state index contributed by atoms with van der Waals surface area (Å²) in [7, 11) is 0. The molecule has 18 heavy (non-hydrogen) atoms. The topological polar surface area (TPSA) is 26.3 Å². The number of rotatable bonds is 3. The SMILES string of the molecule is CC(C)(C)OC(=O)C[C@H]1C[C@]1(F)c1ccccc1. The van der Waals surface area contributed by atoms with E-state index in [2.05, 4.69) is 0 Å². The van der Waals surface area contributed by atoms with Crippen molar-refractivity contribution in [1.82, 2.24) is 0 Å². The molecule has 0 unspecified atom stereocenters. The highest BCUT2D eigenvalue weighted by atomic mass is 19.1. The average molecular weight is 250 g/mol. The third kappa shape index (κ3) is 2.89. The molecule has 0 heterocycles. The van der Waals surface area contributed by atoms with Crippen molar-refractivity contribution in [2.45, 2.75) is 44.9 Å². The molecule has 1 fully saturated rings. The molecule has 2 nitrogen and oxygen atoms in total. The predicted octanol–water partition coefficient (Wildman–Crippen LogP) is 3.60. The standard InChI is InChI=1S/C15H19FO2/c1-14(2,3)18-13(17)9-12-10-15(12,16)11-7-5-4-6-8-11/h4-8,12H,9-10H2,1-3H3/t12-,15-/m0/s1. The van der Waals surface area contributed by atoms with Crippen LogP contribution in [0.5, 0.6) is 0 Å². The number of ether oxygens (including phenoxy) is 1. The summed E-state index contributed by atoms with van der Waals surface area (Å²) in [6, 6.07) is 9.04. The molecule has 0 aromatic heterocycles. The molecular weight excluding hydrogens is 231 g/mol. The fraction of sp³-hybridized carbons (Fsp3) is 0.533. The summed E-state index contributed by atoms with van der Waals surface area (Å²) in [5.41, 5.74) is -1.17.